The highest BCUT2D eigenvalue weighted by atomic mass is 79.9. The van der Waals surface area contributed by atoms with Crippen LogP contribution in [0.4, 0.5) is 0 Å². The number of nitrogens with zero attached hydrogens (tertiary/aromatic N) is 1. The first-order valence-corrected chi connectivity index (χ1v) is 8.34. The zero-order chi connectivity index (χ0) is 16.8. The van der Waals surface area contributed by atoms with Gasteiger partial charge in [0, 0.05) is 14.5 Å². The molecule has 5 nitrogen and oxygen atoms in total. The maximum Gasteiger partial charge on any atom is 0.272 e. The van der Waals surface area contributed by atoms with Crippen LogP contribution in [0.2, 0.25) is 0 Å². The lowest BCUT2D eigenvalue weighted by atomic mass is 10.2. The topological polar surface area (TPSA) is 70.9 Å². The minimum Gasteiger partial charge on any atom is -0.504 e. The highest BCUT2D eigenvalue weighted by Gasteiger charge is 2.10. The van der Waals surface area contributed by atoms with Crippen LogP contribution in [0.1, 0.15) is 22.8 Å². The number of ether oxygens (including phenoxy) is 1. The summed E-state index contributed by atoms with van der Waals surface area (Å²) in [5.41, 5.74) is 3.32. The first-order chi connectivity index (χ1) is 11.0. The molecule has 0 atom stereocenters. The highest BCUT2D eigenvalue weighted by molar-refractivity contribution is 9.10. The molecule has 0 saturated carbocycles. The molecule has 2 aromatic rings. The molecule has 2 aromatic carbocycles. The van der Waals surface area contributed by atoms with Gasteiger partial charge in [-0.3, -0.25) is 4.79 Å². The number of benzene rings is 2. The van der Waals surface area contributed by atoms with Crippen LogP contribution < -0.4 is 10.2 Å². The van der Waals surface area contributed by atoms with E-state index in [1.54, 1.807) is 30.3 Å². The fraction of sp³-hybridized carbons (Fsp3) is 0.125. The number of phenols is 1. The zero-order valence-electron chi connectivity index (χ0n) is 12.2. The van der Waals surface area contributed by atoms with Crippen LogP contribution in [0.3, 0.4) is 0 Å². The van der Waals surface area contributed by atoms with E-state index in [9.17, 15) is 9.90 Å². The van der Waals surface area contributed by atoms with Crippen LogP contribution >= 0.6 is 31.9 Å². The lowest BCUT2D eigenvalue weighted by Crippen LogP contribution is -2.18. The van der Waals surface area contributed by atoms with Gasteiger partial charge in [-0.2, -0.15) is 5.10 Å². The van der Waals surface area contributed by atoms with Crippen molar-refractivity contribution >= 4 is 44.0 Å². The molecular weight excluding hydrogens is 428 g/mol. The molecule has 0 spiro atoms. The van der Waals surface area contributed by atoms with Crippen molar-refractivity contribution in [3.63, 3.8) is 0 Å². The van der Waals surface area contributed by atoms with Gasteiger partial charge < -0.3 is 9.84 Å². The number of hydrogen-bond donors (Lipinski definition) is 2. The summed E-state index contributed by atoms with van der Waals surface area (Å²) in [5, 5.41) is 14.0. The van der Waals surface area contributed by atoms with E-state index >= 15 is 0 Å². The Morgan fingerprint density at radius 1 is 1.35 bits per heavy atom. The maximum atomic E-state index is 12.0. The van der Waals surface area contributed by atoms with Gasteiger partial charge in [-0.05, 0) is 47.1 Å². The average Bonchev–Trinajstić information content (AvgIpc) is 2.52. The minimum absolute atomic E-state index is 0.0334. The second kappa shape index (κ2) is 8.12. The molecule has 0 fully saturated rings. The van der Waals surface area contributed by atoms with Gasteiger partial charge >= 0.3 is 0 Å². The van der Waals surface area contributed by atoms with Crippen molar-refractivity contribution in [1.29, 1.82) is 0 Å². The summed E-state index contributed by atoms with van der Waals surface area (Å²) in [7, 11) is 0. The van der Waals surface area contributed by atoms with Crippen molar-refractivity contribution in [3.8, 4) is 11.5 Å². The van der Waals surface area contributed by atoms with Crippen LogP contribution in [-0.4, -0.2) is 23.8 Å². The fourth-order valence-electron chi connectivity index (χ4n) is 1.82. The first-order valence-electron chi connectivity index (χ1n) is 6.76. The second-order valence-corrected chi connectivity index (χ2v) is 6.22. The molecule has 2 N–H and O–H groups in total. The van der Waals surface area contributed by atoms with Crippen molar-refractivity contribution in [2.45, 2.75) is 6.92 Å². The number of halogens is 2. The van der Waals surface area contributed by atoms with E-state index < -0.39 is 0 Å². The van der Waals surface area contributed by atoms with Gasteiger partial charge in [0.25, 0.3) is 5.91 Å². The Bertz CT molecular complexity index is 748. The van der Waals surface area contributed by atoms with E-state index in [1.807, 2.05) is 13.0 Å². The van der Waals surface area contributed by atoms with E-state index in [2.05, 4.69) is 42.4 Å². The molecule has 0 aromatic heterocycles. The van der Waals surface area contributed by atoms with Crippen LogP contribution in [0, 0.1) is 0 Å². The molecule has 0 saturated heterocycles. The van der Waals surface area contributed by atoms with Crippen LogP contribution in [0.15, 0.2) is 50.4 Å². The van der Waals surface area contributed by atoms with Gasteiger partial charge in [-0.25, -0.2) is 5.43 Å². The average molecular weight is 442 g/mol. The van der Waals surface area contributed by atoms with Gasteiger partial charge in [0.15, 0.2) is 11.5 Å². The fourth-order valence-corrected chi connectivity index (χ4v) is 2.74. The number of carbonyl (C=O) groups is 1. The monoisotopic (exact) mass is 440 g/mol. The Kier molecular flexibility index (Phi) is 6.18. The summed E-state index contributed by atoms with van der Waals surface area (Å²) in [6, 6.07) is 10.4. The molecule has 0 aliphatic rings. The van der Waals surface area contributed by atoms with Crippen molar-refractivity contribution in [1.82, 2.24) is 5.43 Å². The predicted molar refractivity (Wildman–Crippen MR) is 96.2 cm³/mol. The van der Waals surface area contributed by atoms with Crippen molar-refractivity contribution in [3.05, 3.63) is 56.5 Å². The summed E-state index contributed by atoms with van der Waals surface area (Å²) >= 11 is 6.64. The molecule has 23 heavy (non-hydrogen) atoms. The normalized spacial score (nSPS) is 10.7. The SMILES string of the molecule is CCOc1cc(Br)cc(C=NNC(=O)c2ccccc2Br)c1O. The molecule has 0 bridgehead atoms. The Morgan fingerprint density at radius 2 is 2.09 bits per heavy atom. The largest absolute Gasteiger partial charge is 0.504 e. The molecule has 7 heteroatoms. The zero-order valence-corrected chi connectivity index (χ0v) is 15.4. The third-order valence-corrected chi connectivity index (χ3v) is 4.01. The van der Waals surface area contributed by atoms with Crippen molar-refractivity contribution in [2.24, 2.45) is 5.10 Å². The molecule has 1 amide bonds. The lowest BCUT2D eigenvalue weighted by molar-refractivity contribution is 0.0954. The van der Waals surface area contributed by atoms with Gasteiger partial charge in [0.05, 0.1) is 18.4 Å². The third kappa shape index (κ3) is 4.56. The molecular formula is C16H14Br2N2O3. The molecule has 0 aliphatic heterocycles. The van der Waals surface area contributed by atoms with E-state index in [0.29, 0.717) is 28.0 Å². The van der Waals surface area contributed by atoms with E-state index in [-0.39, 0.29) is 11.7 Å². The number of nitrogens with one attached hydrogen (secondary N) is 1. The Morgan fingerprint density at radius 3 is 2.78 bits per heavy atom. The number of hydrazone groups is 1. The number of carbonyl (C=O) groups excluding carboxylic acids is 1. The van der Waals surface area contributed by atoms with Crippen molar-refractivity contribution < 1.29 is 14.6 Å². The van der Waals surface area contributed by atoms with Gasteiger partial charge in [-0.15, -0.1) is 0 Å². The Hall–Kier alpha value is -1.86. The van der Waals surface area contributed by atoms with Crippen LogP contribution in [0.25, 0.3) is 0 Å². The number of amides is 1. The van der Waals surface area contributed by atoms with Gasteiger partial charge in [0.1, 0.15) is 0 Å². The van der Waals surface area contributed by atoms with Crippen LogP contribution in [-0.2, 0) is 0 Å². The number of rotatable bonds is 5. The van der Waals surface area contributed by atoms with Gasteiger partial charge in [-0.1, -0.05) is 28.1 Å². The minimum atomic E-state index is -0.353. The number of aromatic hydroxyl groups is 1. The summed E-state index contributed by atoms with van der Waals surface area (Å²) < 4.78 is 6.75. The Labute approximate surface area is 150 Å². The standard InChI is InChI=1S/C16H14Br2N2O3/c1-2-23-14-8-11(17)7-10(15(14)21)9-19-20-16(22)12-5-3-4-6-13(12)18/h3-9,21H,2H2,1H3,(H,20,22). The molecule has 0 heterocycles. The number of phenolic OH excluding ortho intramolecular Hbond substituents is 1. The maximum absolute atomic E-state index is 12.0. The van der Waals surface area contributed by atoms with E-state index in [4.69, 9.17) is 4.74 Å². The summed E-state index contributed by atoms with van der Waals surface area (Å²) in [5.74, 6) is -0.0392. The Balaban J connectivity index is 2.15. The van der Waals surface area contributed by atoms with Gasteiger partial charge in [0.2, 0.25) is 0 Å². The second-order valence-electron chi connectivity index (χ2n) is 4.45. The molecule has 0 radical (unpaired) electrons. The highest BCUT2D eigenvalue weighted by Crippen LogP contribution is 2.32. The van der Waals surface area contributed by atoms with E-state index in [1.165, 1.54) is 6.21 Å². The summed E-state index contributed by atoms with van der Waals surface area (Å²) in [4.78, 5) is 12.0. The van der Waals surface area contributed by atoms with Crippen molar-refractivity contribution in [2.75, 3.05) is 6.61 Å². The lowest BCUT2D eigenvalue weighted by Gasteiger charge is -2.08. The predicted octanol–water partition coefficient (Wildman–Crippen LogP) is 4.08. The smallest absolute Gasteiger partial charge is 0.272 e. The molecule has 2 rings (SSSR count). The summed E-state index contributed by atoms with van der Waals surface area (Å²) in [6.07, 6.45) is 1.36. The first kappa shape index (κ1) is 17.5. The van der Waals surface area contributed by atoms with E-state index in [0.717, 1.165) is 4.47 Å². The molecule has 0 aliphatic carbocycles. The quantitative estimate of drug-likeness (QED) is 0.542. The summed E-state index contributed by atoms with van der Waals surface area (Å²) in [6.45, 7) is 2.26. The number of hydrogen-bond acceptors (Lipinski definition) is 4. The molecule has 0 unspecified atom stereocenters. The third-order valence-electron chi connectivity index (χ3n) is 2.86. The van der Waals surface area contributed by atoms with Crippen LogP contribution in [0.5, 0.6) is 11.5 Å². The molecule has 120 valence electrons.